The Morgan fingerprint density at radius 2 is 1.41 bits per heavy atom. The minimum absolute atomic E-state index is 0.123. The molecule has 0 radical (unpaired) electrons. The van der Waals surface area contributed by atoms with Gasteiger partial charge in [0.05, 0.1) is 5.41 Å². The lowest BCUT2D eigenvalue weighted by molar-refractivity contribution is -0.401. The molecule has 0 amide bonds. The van der Waals surface area contributed by atoms with Gasteiger partial charge in [-0.3, -0.25) is 0 Å². The van der Waals surface area contributed by atoms with Crippen LogP contribution in [0.2, 0.25) is 0 Å². The summed E-state index contributed by atoms with van der Waals surface area (Å²) in [7, 11) is -1.72. The third kappa shape index (κ3) is 7.58. The summed E-state index contributed by atoms with van der Waals surface area (Å²) in [4.78, 5) is 2.29. The highest BCUT2D eigenvalue weighted by Gasteiger charge is 2.42. The number of ether oxygens (including phenoxy) is 1. The van der Waals surface area contributed by atoms with Gasteiger partial charge in [-0.15, -0.1) is 0 Å². The number of para-hydroxylation sites is 2. The highest BCUT2D eigenvalue weighted by Crippen LogP contribution is 2.47. The van der Waals surface area contributed by atoms with Crippen LogP contribution in [0.1, 0.15) is 63.6 Å². The van der Waals surface area contributed by atoms with Crippen molar-refractivity contribution in [1.82, 2.24) is 0 Å². The number of rotatable bonds is 6. The predicted molar refractivity (Wildman–Crippen MR) is 188 cm³/mol. The molecule has 2 heterocycles. The highest BCUT2D eigenvalue weighted by molar-refractivity contribution is 6.50. The van der Waals surface area contributed by atoms with Crippen LogP contribution in [0.25, 0.3) is 5.57 Å². The monoisotopic (exact) mass is 678 g/mol. The fourth-order valence-electron chi connectivity index (χ4n) is 7.40. The maximum Gasteiger partial charge on any atom is 0.673 e. The van der Waals surface area contributed by atoms with Gasteiger partial charge in [-0.1, -0.05) is 74.5 Å². The molecule has 6 rings (SSSR count). The Balaban J connectivity index is 0.000000874. The molecule has 3 aliphatic rings. The van der Waals surface area contributed by atoms with Crippen molar-refractivity contribution in [2.24, 2.45) is 0 Å². The van der Waals surface area contributed by atoms with Crippen LogP contribution < -0.4 is 9.64 Å². The first-order valence-corrected chi connectivity index (χ1v) is 16.3. The van der Waals surface area contributed by atoms with Crippen LogP contribution in [-0.2, 0) is 10.8 Å². The zero-order valence-corrected chi connectivity index (χ0v) is 28.6. The second kappa shape index (κ2) is 13.8. The van der Waals surface area contributed by atoms with E-state index in [0.29, 0.717) is 0 Å². The van der Waals surface area contributed by atoms with Gasteiger partial charge in [0.25, 0.3) is 0 Å². The zero-order chi connectivity index (χ0) is 35.7. The summed E-state index contributed by atoms with van der Waals surface area (Å²) in [5.41, 5.74) is 12.0. The zero-order valence-electron chi connectivity index (χ0n) is 28.6. The predicted octanol–water partition coefficient (Wildman–Crippen LogP) is 11.0. The summed E-state index contributed by atoms with van der Waals surface area (Å²) in [6, 6.07) is 24.3. The Bertz CT molecular complexity index is 1860. The molecule has 2 aliphatic heterocycles. The van der Waals surface area contributed by atoms with E-state index in [2.05, 4.69) is 129 Å². The molecule has 0 saturated heterocycles. The van der Waals surface area contributed by atoms with E-state index in [9.17, 15) is 26.0 Å². The quantitative estimate of drug-likeness (QED) is 0.147. The lowest BCUT2D eigenvalue weighted by Crippen LogP contribution is -2.26. The van der Waals surface area contributed by atoms with E-state index in [0.717, 1.165) is 24.8 Å². The van der Waals surface area contributed by atoms with Gasteiger partial charge < -0.3 is 26.9 Å². The normalized spacial score (nSPS) is 19.9. The molecule has 0 fully saturated rings. The molecular weight excluding hydrogens is 637 g/mol. The van der Waals surface area contributed by atoms with Gasteiger partial charge >= 0.3 is 13.9 Å². The van der Waals surface area contributed by atoms with Crippen molar-refractivity contribution in [2.75, 3.05) is 19.0 Å². The summed E-state index contributed by atoms with van der Waals surface area (Å²) in [6.07, 6.45) is 12.0. The van der Waals surface area contributed by atoms with Gasteiger partial charge in [0, 0.05) is 41.6 Å². The SMILES string of the molecule is CN1/C(=C/C=C2\CCCC(/C=C/C3=[N+](C)c4ccccc4C3(C)C)=C2c2ccc(OC(F)F)cc2)C(C)(C)c2ccccc21.F[B-](F)(F)F. The van der Waals surface area contributed by atoms with Crippen molar-refractivity contribution < 1.29 is 35.4 Å². The van der Waals surface area contributed by atoms with E-state index in [1.54, 1.807) is 12.1 Å². The smallest absolute Gasteiger partial charge is 0.435 e. The Morgan fingerprint density at radius 1 is 0.796 bits per heavy atom. The van der Waals surface area contributed by atoms with E-state index in [1.165, 1.54) is 50.6 Å². The van der Waals surface area contributed by atoms with Gasteiger partial charge in [-0.05, 0) is 85.2 Å². The number of benzene rings is 3. The first-order chi connectivity index (χ1) is 23.0. The van der Waals surface area contributed by atoms with E-state index >= 15 is 0 Å². The van der Waals surface area contributed by atoms with Crippen LogP contribution in [0.15, 0.2) is 114 Å². The molecule has 3 aromatic rings. The topological polar surface area (TPSA) is 15.5 Å². The Kier molecular flexibility index (Phi) is 10.1. The molecule has 0 bridgehead atoms. The Labute approximate surface area is 284 Å². The minimum Gasteiger partial charge on any atom is -0.435 e. The molecule has 258 valence electrons. The average Bonchev–Trinajstić information content (AvgIpc) is 3.35. The summed E-state index contributed by atoms with van der Waals surface area (Å²) in [5, 5.41) is 0. The summed E-state index contributed by atoms with van der Waals surface area (Å²) in [6.45, 7) is 6.27. The number of hydrogen-bond donors (Lipinski definition) is 0. The average molecular weight is 679 g/mol. The van der Waals surface area contributed by atoms with Crippen molar-refractivity contribution in [3.05, 3.63) is 131 Å². The van der Waals surface area contributed by atoms with Gasteiger partial charge in [-0.25, -0.2) is 0 Å². The molecule has 3 aromatic carbocycles. The van der Waals surface area contributed by atoms with Crippen molar-refractivity contribution in [3.8, 4) is 5.75 Å². The van der Waals surface area contributed by atoms with Gasteiger partial charge in [0.15, 0.2) is 5.71 Å². The van der Waals surface area contributed by atoms with Crippen LogP contribution in [0.5, 0.6) is 5.75 Å². The third-order valence-corrected chi connectivity index (χ3v) is 9.67. The van der Waals surface area contributed by atoms with E-state index < -0.39 is 13.9 Å². The highest BCUT2D eigenvalue weighted by atomic mass is 19.5. The van der Waals surface area contributed by atoms with Crippen LogP contribution in [-0.4, -0.2) is 38.2 Å². The second-order valence-corrected chi connectivity index (χ2v) is 13.5. The second-order valence-electron chi connectivity index (χ2n) is 13.5. The first kappa shape index (κ1) is 35.8. The van der Waals surface area contributed by atoms with Crippen molar-refractivity contribution in [3.63, 3.8) is 0 Å². The van der Waals surface area contributed by atoms with Crippen LogP contribution in [0, 0.1) is 0 Å². The molecule has 0 atom stereocenters. The molecule has 1 aliphatic carbocycles. The molecule has 10 heteroatoms. The fraction of sp³-hybridized carbons (Fsp3) is 0.308. The number of halogens is 6. The summed E-state index contributed by atoms with van der Waals surface area (Å²) >= 11 is 0. The third-order valence-electron chi connectivity index (χ3n) is 9.67. The largest absolute Gasteiger partial charge is 0.673 e. The molecule has 0 N–H and O–H groups in total. The molecule has 3 nitrogen and oxygen atoms in total. The van der Waals surface area contributed by atoms with E-state index in [4.69, 9.17) is 0 Å². The number of nitrogens with zero attached hydrogens (tertiary/aromatic N) is 2. The lowest BCUT2D eigenvalue weighted by atomic mass is 9.79. The number of alkyl halides is 2. The molecule has 0 spiro atoms. The standard InChI is InChI=1S/C39H41F2N2O.BF4/c1-38(2)30-14-7-9-16-32(30)42(5)34(38)24-20-26-12-11-13-27(36(26)28-18-22-29(23-19-28)44-37(40)41)21-25-35-39(3,4)31-15-8-10-17-33(31)43(35)6;2-1(3,4)5/h7-10,14-25,37H,11-13H2,1-6H3;/q+1;-1. The molecule has 0 unspecified atom stereocenters. The molecular formula is C39H41BF6N2O. The van der Waals surface area contributed by atoms with Crippen molar-refractivity contribution in [1.29, 1.82) is 0 Å². The van der Waals surface area contributed by atoms with Crippen LogP contribution in [0.4, 0.5) is 37.4 Å². The fourth-order valence-corrected chi connectivity index (χ4v) is 7.40. The first-order valence-electron chi connectivity index (χ1n) is 16.3. The number of fused-ring (bicyclic) bond motifs is 2. The lowest BCUT2D eigenvalue weighted by Gasteiger charge is -2.25. The summed E-state index contributed by atoms with van der Waals surface area (Å²) < 4.78 is 71.8. The van der Waals surface area contributed by atoms with Gasteiger partial charge in [0.2, 0.25) is 5.69 Å². The maximum absolute atomic E-state index is 12.9. The van der Waals surface area contributed by atoms with Crippen LogP contribution >= 0.6 is 0 Å². The molecule has 49 heavy (non-hydrogen) atoms. The van der Waals surface area contributed by atoms with Crippen molar-refractivity contribution >= 4 is 29.9 Å². The number of hydrogen-bond acceptors (Lipinski definition) is 2. The Morgan fingerprint density at radius 3 is 2.02 bits per heavy atom. The van der Waals surface area contributed by atoms with Gasteiger partial charge in [-0.2, -0.15) is 13.4 Å². The summed E-state index contributed by atoms with van der Waals surface area (Å²) in [5.74, 6) is 0.166. The van der Waals surface area contributed by atoms with E-state index in [1.807, 2.05) is 12.1 Å². The van der Waals surface area contributed by atoms with Crippen molar-refractivity contribution in [2.45, 2.75) is 64.4 Å². The maximum atomic E-state index is 12.9. The number of anilines is 1. The number of likely N-dealkylation sites (N-methyl/N-ethyl adjacent to an activating group) is 1. The minimum atomic E-state index is -6.00. The van der Waals surface area contributed by atoms with Gasteiger partial charge in [0.1, 0.15) is 12.8 Å². The van der Waals surface area contributed by atoms with Crippen LogP contribution in [0.3, 0.4) is 0 Å². The molecule has 0 aromatic heterocycles. The number of allylic oxidation sites excluding steroid dienone is 8. The molecule has 0 saturated carbocycles. The Hall–Kier alpha value is -4.47. The van der Waals surface area contributed by atoms with E-state index in [-0.39, 0.29) is 16.6 Å².